The molecule has 0 radical (unpaired) electrons. The van der Waals surface area contributed by atoms with Gasteiger partial charge in [-0.3, -0.25) is 0 Å². The molecule has 0 aliphatic carbocycles. The largest absolute Gasteiger partial charge is 0.381 e. The second-order valence-electron chi connectivity index (χ2n) is 1.66. The molecule has 0 unspecified atom stereocenters. The fraction of sp³-hybridized carbons (Fsp3) is 0.667. The summed E-state index contributed by atoms with van der Waals surface area (Å²) >= 11 is 0. The predicted octanol–water partition coefficient (Wildman–Crippen LogP) is 0.938. The van der Waals surface area contributed by atoms with E-state index in [4.69, 9.17) is 15.6 Å². The lowest BCUT2D eigenvalue weighted by molar-refractivity contribution is 0.145. The smallest absolute Gasteiger partial charge is 0.0593 e. The summed E-state index contributed by atoms with van der Waals surface area (Å²) in [5.74, 6) is -0.134. The third-order valence-electron chi connectivity index (χ3n) is 0.943. The van der Waals surface area contributed by atoms with E-state index >= 15 is 0 Å². The molecule has 0 spiro atoms. The Morgan fingerprint density at radius 3 is 2.33 bits per heavy atom. The minimum atomic E-state index is -0.134. The Kier molecular flexibility index (Phi) is 5.01. The van der Waals surface area contributed by atoms with E-state index in [0.29, 0.717) is 13.2 Å². The second kappa shape index (κ2) is 5.44. The highest BCUT2D eigenvalue weighted by Gasteiger charge is 1.97. The van der Waals surface area contributed by atoms with Gasteiger partial charge in [-0.25, -0.2) is 0 Å². The summed E-state index contributed by atoms with van der Waals surface area (Å²) in [6, 6.07) is 0. The van der Waals surface area contributed by atoms with Crippen LogP contribution in [0.25, 0.3) is 0 Å². The molecule has 0 saturated carbocycles. The quantitative estimate of drug-likeness (QED) is 0.532. The van der Waals surface area contributed by atoms with Crippen LogP contribution < -0.4 is 0 Å². The van der Waals surface area contributed by atoms with Crippen molar-refractivity contribution in [3.8, 4) is 0 Å². The van der Waals surface area contributed by atoms with Crippen molar-refractivity contribution < 1.29 is 4.74 Å². The summed E-state index contributed by atoms with van der Waals surface area (Å²) < 4.78 is 4.97. The molecule has 3 heteroatoms. The molecule has 2 N–H and O–H groups in total. The first-order chi connectivity index (χ1) is 4.35. The van der Waals surface area contributed by atoms with E-state index < -0.39 is 0 Å². The summed E-state index contributed by atoms with van der Waals surface area (Å²) in [5.41, 5.74) is 0. The molecule has 0 heterocycles. The maximum Gasteiger partial charge on any atom is 0.0593 e. The van der Waals surface area contributed by atoms with Crippen LogP contribution in [0.4, 0.5) is 0 Å². The van der Waals surface area contributed by atoms with Gasteiger partial charge >= 0.3 is 0 Å². The molecule has 0 bridgehead atoms. The molecule has 0 aromatic heterocycles. The fourth-order valence-electron chi connectivity index (χ4n) is 0.398. The van der Waals surface area contributed by atoms with E-state index in [1.807, 2.05) is 6.92 Å². The molecular formula is C6H12N2O. The van der Waals surface area contributed by atoms with Gasteiger partial charge in [-0.1, -0.05) is 0 Å². The van der Waals surface area contributed by atoms with E-state index in [2.05, 4.69) is 0 Å². The fourth-order valence-corrected chi connectivity index (χ4v) is 0.398. The summed E-state index contributed by atoms with van der Waals surface area (Å²) in [6.45, 7) is 3.01. The Balaban J connectivity index is 3.30. The zero-order valence-corrected chi connectivity index (χ0v) is 5.55. The number of ether oxygens (including phenoxy) is 1. The molecular weight excluding hydrogens is 116 g/mol. The van der Waals surface area contributed by atoms with Crippen molar-refractivity contribution in [2.75, 3.05) is 13.2 Å². The Bertz CT molecular complexity index is 85.1. The zero-order chi connectivity index (χ0) is 7.11. The van der Waals surface area contributed by atoms with Crippen LogP contribution in [0.5, 0.6) is 0 Å². The number of hydrogen-bond acceptors (Lipinski definition) is 3. The minimum absolute atomic E-state index is 0.134. The third kappa shape index (κ3) is 3.85. The van der Waals surface area contributed by atoms with Gasteiger partial charge in [0.2, 0.25) is 0 Å². The highest BCUT2D eigenvalue weighted by Crippen LogP contribution is 1.87. The van der Waals surface area contributed by atoms with Crippen LogP contribution in [0.3, 0.4) is 0 Å². The maximum atomic E-state index is 6.78. The van der Waals surface area contributed by atoms with Crippen LogP contribution in [0.1, 0.15) is 6.92 Å². The first-order valence-corrected chi connectivity index (χ1v) is 2.94. The van der Waals surface area contributed by atoms with Crippen molar-refractivity contribution in [1.82, 2.24) is 0 Å². The summed E-state index contributed by atoms with van der Waals surface area (Å²) in [4.78, 5) is 0. The van der Waals surface area contributed by atoms with E-state index in [0.717, 1.165) is 0 Å². The van der Waals surface area contributed by atoms with Crippen LogP contribution in [0, 0.1) is 16.7 Å². The minimum Gasteiger partial charge on any atom is -0.381 e. The normalized spacial score (nSPS) is 12.6. The molecule has 9 heavy (non-hydrogen) atoms. The molecule has 0 aliphatic heterocycles. The van der Waals surface area contributed by atoms with Crippen molar-refractivity contribution in [3.63, 3.8) is 0 Å². The first-order valence-electron chi connectivity index (χ1n) is 2.94. The van der Waals surface area contributed by atoms with Crippen LogP contribution >= 0.6 is 0 Å². The van der Waals surface area contributed by atoms with E-state index in [1.165, 1.54) is 12.4 Å². The van der Waals surface area contributed by atoms with Crippen molar-refractivity contribution in [1.29, 1.82) is 10.8 Å². The SMILES string of the molecule is CCOCC(C=N)C=N. The standard InChI is InChI=1S/C6H12N2O/c1-2-9-5-6(3-7)4-8/h3-4,6-8H,2,5H2,1H3. The Morgan fingerprint density at radius 2 is 2.00 bits per heavy atom. The van der Waals surface area contributed by atoms with Gasteiger partial charge in [0.15, 0.2) is 0 Å². The average molecular weight is 128 g/mol. The van der Waals surface area contributed by atoms with Crippen LogP contribution in [-0.2, 0) is 4.74 Å². The molecule has 0 atom stereocenters. The van der Waals surface area contributed by atoms with Crippen LogP contribution in [0.2, 0.25) is 0 Å². The van der Waals surface area contributed by atoms with Gasteiger partial charge in [-0.15, -0.1) is 0 Å². The molecule has 0 amide bonds. The third-order valence-corrected chi connectivity index (χ3v) is 0.943. The monoisotopic (exact) mass is 128 g/mol. The van der Waals surface area contributed by atoms with Gasteiger partial charge in [0.25, 0.3) is 0 Å². The summed E-state index contributed by atoms with van der Waals surface area (Å²) in [6.07, 6.45) is 2.42. The molecule has 0 rings (SSSR count). The van der Waals surface area contributed by atoms with E-state index in [9.17, 15) is 0 Å². The topological polar surface area (TPSA) is 56.9 Å². The highest BCUT2D eigenvalue weighted by molar-refractivity contribution is 5.80. The average Bonchev–Trinajstić information content (AvgIpc) is 1.91. The van der Waals surface area contributed by atoms with Crippen molar-refractivity contribution in [2.45, 2.75) is 6.92 Å². The molecule has 0 saturated heterocycles. The predicted molar refractivity (Wildman–Crippen MR) is 37.6 cm³/mol. The Hall–Kier alpha value is -0.700. The van der Waals surface area contributed by atoms with Gasteiger partial charge < -0.3 is 15.6 Å². The van der Waals surface area contributed by atoms with Crippen molar-refractivity contribution in [3.05, 3.63) is 0 Å². The van der Waals surface area contributed by atoms with Gasteiger partial charge in [-0.2, -0.15) is 0 Å². The lowest BCUT2D eigenvalue weighted by atomic mass is 10.2. The molecule has 0 aliphatic rings. The van der Waals surface area contributed by atoms with Gasteiger partial charge in [0.1, 0.15) is 0 Å². The Morgan fingerprint density at radius 1 is 1.44 bits per heavy atom. The lowest BCUT2D eigenvalue weighted by Crippen LogP contribution is -2.11. The summed E-state index contributed by atoms with van der Waals surface area (Å²) in [5, 5.41) is 13.6. The molecule has 0 aromatic carbocycles. The highest BCUT2D eigenvalue weighted by atomic mass is 16.5. The van der Waals surface area contributed by atoms with Crippen molar-refractivity contribution >= 4 is 12.4 Å². The van der Waals surface area contributed by atoms with E-state index in [-0.39, 0.29) is 5.92 Å². The molecule has 3 nitrogen and oxygen atoms in total. The molecule has 52 valence electrons. The lowest BCUT2D eigenvalue weighted by Gasteiger charge is -2.02. The number of hydrogen-bond donors (Lipinski definition) is 2. The number of rotatable bonds is 5. The number of nitrogens with one attached hydrogen (secondary N) is 2. The first kappa shape index (κ1) is 8.30. The second-order valence-corrected chi connectivity index (χ2v) is 1.66. The molecule has 0 fully saturated rings. The zero-order valence-electron chi connectivity index (χ0n) is 5.55. The van der Waals surface area contributed by atoms with Crippen LogP contribution in [0.15, 0.2) is 0 Å². The Labute approximate surface area is 55.0 Å². The summed E-state index contributed by atoms with van der Waals surface area (Å²) in [7, 11) is 0. The van der Waals surface area contributed by atoms with Crippen molar-refractivity contribution in [2.24, 2.45) is 5.92 Å². The molecule has 0 aromatic rings. The van der Waals surface area contributed by atoms with Gasteiger partial charge in [-0.05, 0) is 6.92 Å². The van der Waals surface area contributed by atoms with E-state index in [1.54, 1.807) is 0 Å². The van der Waals surface area contributed by atoms with Crippen LogP contribution in [-0.4, -0.2) is 25.6 Å². The van der Waals surface area contributed by atoms with Gasteiger partial charge in [0.05, 0.1) is 12.5 Å². The maximum absolute atomic E-state index is 6.78. The van der Waals surface area contributed by atoms with Gasteiger partial charge in [0, 0.05) is 19.0 Å².